The molecular weight excluding hydrogens is 726 g/mol. The first-order valence-corrected chi connectivity index (χ1v) is 20.6. The molecule has 1 saturated heterocycles. The smallest absolute Gasteiger partial charge is 0.289 e. The van der Waals surface area contributed by atoms with Gasteiger partial charge in [-0.3, -0.25) is 24.0 Å². The first-order chi connectivity index (χ1) is 26.1. The summed E-state index contributed by atoms with van der Waals surface area (Å²) in [6.45, 7) is 1.91. The highest BCUT2D eigenvalue weighted by Gasteiger charge is 2.55. The Morgan fingerprint density at radius 3 is 2.56 bits per heavy atom. The fourth-order valence-corrected chi connectivity index (χ4v) is 9.30. The first-order valence-electron chi connectivity index (χ1n) is 19.3. The summed E-state index contributed by atoms with van der Waals surface area (Å²) < 4.78 is 1.08. The van der Waals surface area contributed by atoms with E-state index in [1.807, 2.05) is 48.7 Å². The van der Waals surface area contributed by atoms with Crippen molar-refractivity contribution in [1.29, 1.82) is 0 Å². The minimum atomic E-state index is -1.05. The van der Waals surface area contributed by atoms with Crippen LogP contribution in [0.4, 0.5) is 0 Å². The maximum absolute atomic E-state index is 15.0. The molecule has 54 heavy (non-hydrogen) atoms. The predicted molar refractivity (Wildman–Crippen MR) is 208 cm³/mol. The zero-order valence-corrected chi connectivity index (χ0v) is 32.2. The van der Waals surface area contributed by atoms with Crippen molar-refractivity contribution in [1.82, 2.24) is 20.9 Å². The molecule has 2 aliphatic heterocycles. The van der Waals surface area contributed by atoms with Gasteiger partial charge in [0.25, 0.3) is 5.91 Å². The molecule has 3 fully saturated rings. The van der Waals surface area contributed by atoms with Gasteiger partial charge in [-0.25, -0.2) is 0 Å². The molecule has 4 aliphatic rings. The Labute approximate surface area is 324 Å². The molecule has 286 valence electrons. The van der Waals surface area contributed by atoms with Crippen LogP contribution in [-0.2, 0) is 35.2 Å². The van der Waals surface area contributed by atoms with Gasteiger partial charge in [-0.05, 0) is 72.6 Å². The van der Waals surface area contributed by atoms with Gasteiger partial charge in [0, 0.05) is 47.0 Å². The Morgan fingerprint density at radius 1 is 1.00 bits per heavy atom. The number of carbonyl (C=O) groups excluding carboxylic acids is 5. The number of ketones is 1. The summed E-state index contributed by atoms with van der Waals surface area (Å²) in [5.41, 5.74) is 1.32. The topological polar surface area (TPSA) is 146 Å². The Morgan fingerprint density at radius 2 is 1.80 bits per heavy atom. The third-order valence-electron chi connectivity index (χ3n) is 11.1. The molecule has 2 aromatic carbocycles. The SMILES string of the molecule is CCC[C@@H](NC(=O)C1C[C@]2(CC(c3cccc(Cl)c3)=NO2)CN1C(=O)[C@H](Cc1csc2ccccc12)NC(=O)CC1CCCCC1)C(=O)C(=O)NC1CC1. The van der Waals surface area contributed by atoms with Crippen molar-refractivity contribution in [2.75, 3.05) is 6.54 Å². The molecule has 1 spiro atoms. The van der Waals surface area contributed by atoms with Crippen LogP contribution < -0.4 is 16.0 Å². The zero-order chi connectivity index (χ0) is 37.8. The highest BCUT2D eigenvalue weighted by Crippen LogP contribution is 2.40. The summed E-state index contributed by atoms with van der Waals surface area (Å²) in [6, 6.07) is 12.1. The highest BCUT2D eigenvalue weighted by molar-refractivity contribution is 7.17. The number of halogens is 1. The number of likely N-dealkylation sites (tertiary alicyclic amines) is 1. The fraction of sp³-hybridized carbons (Fsp3) is 0.512. The normalized spacial score (nSPS) is 22.4. The molecule has 1 aromatic heterocycles. The van der Waals surface area contributed by atoms with E-state index in [2.05, 4.69) is 21.1 Å². The molecule has 4 amide bonds. The van der Waals surface area contributed by atoms with Gasteiger partial charge in [0.1, 0.15) is 12.1 Å². The van der Waals surface area contributed by atoms with Crippen LogP contribution in [0.1, 0.15) is 95.1 Å². The van der Waals surface area contributed by atoms with Gasteiger partial charge in [-0.15, -0.1) is 11.3 Å². The Kier molecular flexibility index (Phi) is 11.7. The molecule has 3 heterocycles. The van der Waals surface area contributed by atoms with Crippen molar-refractivity contribution in [2.24, 2.45) is 11.1 Å². The van der Waals surface area contributed by atoms with Crippen LogP contribution in [0.2, 0.25) is 5.02 Å². The number of nitrogens with zero attached hydrogens (tertiary/aromatic N) is 2. The van der Waals surface area contributed by atoms with Crippen LogP contribution in [-0.4, -0.2) is 76.3 Å². The van der Waals surface area contributed by atoms with Crippen molar-refractivity contribution in [3.63, 3.8) is 0 Å². The van der Waals surface area contributed by atoms with Crippen LogP contribution in [0.25, 0.3) is 10.1 Å². The minimum Gasteiger partial charge on any atom is -0.387 e. The number of benzene rings is 2. The fourth-order valence-electron chi connectivity index (χ4n) is 8.14. The first kappa shape index (κ1) is 38.0. The summed E-state index contributed by atoms with van der Waals surface area (Å²) in [5.74, 6) is -2.31. The molecule has 1 unspecified atom stereocenters. The summed E-state index contributed by atoms with van der Waals surface area (Å²) in [5, 5.41) is 16.7. The predicted octanol–water partition coefficient (Wildman–Crippen LogP) is 5.85. The lowest BCUT2D eigenvalue weighted by molar-refractivity contribution is -0.143. The van der Waals surface area contributed by atoms with Gasteiger partial charge < -0.3 is 25.7 Å². The number of rotatable bonds is 14. The third kappa shape index (κ3) is 8.81. The molecule has 4 atom stereocenters. The quantitative estimate of drug-likeness (QED) is 0.175. The highest BCUT2D eigenvalue weighted by atomic mass is 35.5. The summed E-state index contributed by atoms with van der Waals surface area (Å²) in [7, 11) is 0. The van der Waals surface area contributed by atoms with E-state index in [1.54, 1.807) is 23.5 Å². The second-order valence-electron chi connectivity index (χ2n) is 15.4. The molecule has 0 bridgehead atoms. The van der Waals surface area contributed by atoms with E-state index in [0.717, 1.165) is 59.7 Å². The van der Waals surface area contributed by atoms with E-state index in [-0.39, 0.29) is 43.7 Å². The molecule has 3 N–H and O–H groups in total. The van der Waals surface area contributed by atoms with Gasteiger partial charge in [-0.2, -0.15) is 0 Å². The van der Waals surface area contributed by atoms with E-state index in [1.165, 1.54) is 11.3 Å². The van der Waals surface area contributed by atoms with E-state index in [4.69, 9.17) is 16.4 Å². The maximum Gasteiger partial charge on any atom is 0.289 e. The van der Waals surface area contributed by atoms with E-state index in [9.17, 15) is 24.0 Å². The molecular formula is C41H48ClN5O6S. The summed E-state index contributed by atoms with van der Waals surface area (Å²) in [4.78, 5) is 76.7. The monoisotopic (exact) mass is 773 g/mol. The van der Waals surface area contributed by atoms with Crippen LogP contribution >= 0.6 is 22.9 Å². The number of thiophene rings is 1. The maximum atomic E-state index is 15.0. The van der Waals surface area contributed by atoms with E-state index >= 15 is 0 Å². The molecule has 13 heteroatoms. The Balaban J connectivity index is 1.17. The number of nitrogens with one attached hydrogen (secondary N) is 3. The van der Waals surface area contributed by atoms with E-state index in [0.29, 0.717) is 30.0 Å². The molecule has 7 rings (SSSR count). The lowest BCUT2D eigenvalue weighted by atomic mass is 9.86. The van der Waals surface area contributed by atoms with Crippen LogP contribution in [0, 0.1) is 5.92 Å². The lowest BCUT2D eigenvalue weighted by Crippen LogP contribution is -2.57. The van der Waals surface area contributed by atoms with Gasteiger partial charge >= 0.3 is 0 Å². The van der Waals surface area contributed by atoms with Crippen molar-refractivity contribution < 1.29 is 28.8 Å². The van der Waals surface area contributed by atoms with Gasteiger partial charge in [-0.1, -0.05) is 79.7 Å². The number of hydrogen-bond acceptors (Lipinski definition) is 8. The van der Waals surface area contributed by atoms with Gasteiger partial charge in [0.05, 0.1) is 18.3 Å². The molecule has 3 aromatic rings. The summed E-state index contributed by atoms with van der Waals surface area (Å²) >= 11 is 7.88. The number of amides is 4. The van der Waals surface area contributed by atoms with Crippen molar-refractivity contribution in [3.05, 3.63) is 70.1 Å². The average molecular weight is 774 g/mol. The number of oxime groups is 1. The van der Waals surface area contributed by atoms with E-state index < -0.39 is 47.2 Å². The van der Waals surface area contributed by atoms with Crippen molar-refractivity contribution in [2.45, 2.75) is 120 Å². The molecule has 11 nitrogen and oxygen atoms in total. The number of carbonyl (C=O) groups is 5. The average Bonchev–Trinajstić information content (AvgIpc) is 3.56. The number of hydrogen-bond donors (Lipinski definition) is 3. The zero-order valence-electron chi connectivity index (χ0n) is 30.6. The molecule has 2 saturated carbocycles. The second-order valence-corrected chi connectivity index (χ2v) is 16.8. The van der Waals surface area contributed by atoms with Crippen molar-refractivity contribution >= 4 is 68.1 Å². The van der Waals surface area contributed by atoms with Gasteiger partial charge in [0.2, 0.25) is 23.5 Å². The van der Waals surface area contributed by atoms with Crippen LogP contribution in [0.15, 0.2) is 59.1 Å². The van der Waals surface area contributed by atoms with Crippen LogP contribution in [0.3, 0.4) is 0 Å². The van der Waals surface area contributed by atoms with Crippen LogP contribution in [0.5, 0.6) is 0 Å². The van der Waals surface area contributed by atoms with Gasteiger partial charge in [0.15, 0.2) is 5.60 Å². The Bertz CT molecular complexity index is 1940. The largest absolute Gasteiger partial charge is 0.387 e. The molecule has 0 radical (unpaired) electrons. The molecule has 2 aliphatic carbocycles. The van der Waals surface area contributed by atoms with Crippen molar-refractivity contribution in [3.8, 4) is 0 Å². The second kappa shape index (κ2) is 16.6. The summed E-state index contributed by atoms with van der Waals surface area (Å²) in [6.07, 6.45) is 8.78. The minimum absolute atomic E-state index is 0.0129. The third-order valence-corrected chi connectivity index (χ3v) is 12.4. The number of Topliss-reactive ketones (excluding diaryl/α,β-unsaturated/α-hetero) is 1. The Hall–Kier alpha value is -4.29. The standard InChI is InChI=1S/C41H48ClN5O6S/c1-2-9-31(37(49)39(51)43-29-16-17-29)45-38(50)34-22-41(21-33(46-53-41)26-12-8-13-28(42)19-26)24-47(34)40(52)32(44-36(48)18-25-10-4-3-5-11-25)20-27-23-54-35-15-7-6-14-30(27)35/h6-8,12-15,19,23,25,29,31-32,34H,2-5,9-11,16-18,20-22,24H2,1H3,(H,43,51)(H,44,48)(H,45,50)/t31-,32+,34?,41-/m1/s1. The number of fused-ring (bicyclic) bond motifs is 1. The lowest BCUT2D eigenvalue weighted by Gasteiger charge is -2.30.